The molecule has 9 heteroatoms. The molecule has 0 aliphatic carbocycles. The van der Waals surface area contributed by atoms with Gasteiger partial charge in [-0.25, -0.2) is 4.79 Å². The number of hydrogen-bond acceptors (Lipinski definition) is 5. The van der Waals surface area contributed by atoms with Gasteiger partial charge in [0, 0.05) is 74.5 Å². The largest absolute Gasteiger partial charge is 0.385 e. The molecule has 0 saturated carbocycles. The van der Waals surface area contributed by atoms with Crippen LogP contribution in [-0.2, 0) is 11.3 Å². The number of nitrogens with one attached hydrogen (secondary N) is 3. The van der Waals surface area contributed by atoms with Crippen molar-refractivity contribution >= 4 is 44.9 Å². The number of nitrogens with zero attached hydrogens (tertiary/aromatic N) is 2. The first-order valence-corrected chi connectivity index (χ1v) is 13.6. The summed E-state index contributed by atoms with van der Waals surface area (Å²) in [5.74, 6) is -0.167. The molecule has 200 valence electrons. The highest BCUT2D eigenvalue weighted by Crippen LogP contribution is 2.26. The molecule has 0 radical (unpaired) electrons. The SMILES string of the molecule is COCCCNC(=O)c1cc(NC(=O)Nc2ccc(Br)cc2)ccc1N1CCN(Cc2ccccc2)CC1. The summed E-state index contributed by atoms with van der Waals surface area (Å²) in [6.45, 7) is 5.44. The van der Waals surface area contributed by atoms with E-state index in [1.807, 2.05) is 42.5 Å². The summed E-state index contributed by atoms with van der Waals surface area (Å²) in [5, 5.41) is 8.66. The maximum Gasteiger partial charge on any atom is 0.323 e. The highest BCUT2D eigenvalue weighted by molar-refractivity contribution is 9.10. The Bertz CT molecular complexity index is 1200. The minimum Gasteiger partial charge on any atom is -0.385 e. The molecule has 0 unspecified atom stereocenters. The number of benzene rings is 3. The molecule has 0 aromatic heterocycles. The predicted molar refractivity (Wildman–Crippen MR) is 156 cm³/mol. The number of ether oxygens (including phenoxy) is 1. The van der Waals surface area contributed by atoms with Crippen molar-refractivity contribution in [1.82, 2.24) is 10.2 Å². The van der Waals surface area contributed by atoms with Gasteiger partial charge in [-0.1, -0.05) is 46.3 Å². The smallest absolute Gasteiger partial charge is 0.323 e. The summed E-state index contributed by atoms with van der Waals surface area (Å²) >= 11 is 3.39. The van der Waals surface area contributed by atoms with Crippen LogP contribution in [0.1, 0.15) is 22.3 Å². The van der Waals surface area contributed by atoms with Crippen LogP contribution in [0.2, 0.25) is 0 Å². The predicted octanol–water partition coefficient (Wildman–Crippen LogP) is 5.18. The van der Waals surface area contributed by atoms with Crippen LogP contribution in [0.3, 0.4) is 0 Å². The van der Waals surface area contributed by atoms with Crippen LogP contribution in [0.5, 0.6) is 0 Å². The first-order chi connectivity index (χ1) is 18.5. The molecule has 0 atom stereocenters. The number of piperazine rings is 1. The average Bonchev–Trinajstić information content (AvgIpc) is 2.93. The molecule has 38 heavy (non-hydrogen) atoms. The van der Waals surface area contributed by atoms with Crippen molar-refractivity contribution < 1.29 is 14.3 Å². The quantitative estimate of drug-likeness (QED) is 0.288. The van der Waals surface area contributed by atoms with Crippen LogP contribution in [0.4, 0.5) is 21.9 Å². The van der Waals surface area contributed by atoms with E-state index in [0.717, 1.165) is 49.3 Å². The van der Waals surface area contributed by atoms with E-state index in [4.69, 9.17) is 4.74 Å². The highest BCUT2D eigenvalue weighted by atomic mass is 79.9. The van der Waals surface area contributed by atoms with E-state index in [1.54, 1.807) is 13.2 Å². The van der Waals surface area contributed by atoms with Gasteiger partial charge >= 0.3 is 6.03 Å². The fourth-order valence-corrected chi connectivity index (χ4v) is 4.66. The molecule has 1 fully saturated rings. The summed E-state index contributed by atoms with van der Waals surface area (Å²) in [5.41, 5.74) is 3.93. The van der Waals surface area contributed by atoms with Gasteiger partial charge in [0.1, 0.15) is 0 Å². The Morgan fingerprint density at radius 1 is 0.895 bits per heavy atom. The Balaban J connectivity index is 1.44. The monoisotopic (exact) mass is 579 g/mol. The zero-order valence-electron chi connectivity index (χ0n) is 21.6. The van der Waals surface area contributed by atoms with Gasteiger partial charge in [-0.3, -0.25) is 9.69 Å². The van der Waals surface area contributed by atoms with Crippen LogP contribution in [0, 0.1) is 0 Å². The second-order valence-electron chi connectivity index (χ2n) is 9.17. The van der Waals surface area contributed by atoms with E-state index in [9.17, 15) is 9.59 Å². The third kappa shape index (κ3) is 8.05. The lowest BCUT2D eigenvalue weighted by Gasteiger charge is -2.37. The second kappa shape index (κ2) is 13.9. The normalized spacial score (nSPS) is 13.7. The van der Waals surface area contributed by atoms with Gasteiger partial charge in [-0.15, -0.1) is 0 Å². The molecule has 8 nitrogen and oxygen atoms in total. The summed E-state index contributed by atoms with van der Waals surface area (Å²) in [7, 11) is 1.64. The van der Waals surface area contributed by atoms with Crippen molar-refractivity contribution in [2.45, 2.75) is 13.0 Å². The zero-order chi connectivity index (χ0) is 26.7. The van der Waals surface area contributed by atoms with Crippen LogP contribution in [-0.4, -0.2) is 63.3 Å². The average molecular weight is 581 g/mol. The van der Waals surface area contributed by atoms with Crippen molar-refractivity contribution in [2.75, 3.05) is 62.0 Å². The van der Waals surface area contributed by atoms with Gasteiger partial charge in [0.15, 0.2) is 0 Å². The number of rotatable bonds is 10. The van der Waals surface area contributed by atoms with E-state index in [-0.39, 0.29) is 11.9 Å². The minimum absolute atomic E-state index is 0.167. The summed E-state index contributed by atoms with van der Waals surface area (Å²) < 4.78 is 6.03. The molecule has 1 heterocycles. The number of carbonyl (C=O) groups is 2. The van der Waals surface area contributed by atoms with Crippen molar-refractivity contribution in [2.24, 2.45) is 0 Å². The maximum atomic E-state index is 13.2. The van der Waals surface area contributed by atoms with Gasteiger partial charge in [0.05, 0.1) is 5.56 Å². The Morgan fingerprint density at radius 3 is 2.29 bits per heavy atom. The first kappa shape index (κ1) is 27.6. The summed E-state index contributed by atoms with van der Waals surface area (Å²) in [4.78, 5) is 30.5. The van der Waals surface area contributed by atoms with Gasteiger partial charge < -0.3 is 25.6 Å². The molecule has 3 aromatic carbocycles. The zero-order valence-corrected chi connectivity index (χ0v) is 23.2. The molecule has 1 saturated heterocycles. The second-order valence-corrected chi connectivity index (χ2v) is 10.1. The molecule has 1 aliphatic rings. The van der Waals surface area contributed by atoms with E-state index in [0.29, 0.717) is 30.1 Å². The number of amides is 3. The number of carbonyl (C=O) groups excluding carboxylic acids is 2. The lowest BCUT2D eigenvalue weighted by Crippen LogP contribution is -2.46. The van der Waals surface area contributed by atoms with Gasteiger partial charge in [-0.2, -0.15) is 0 Å². The van der Waals surface area contributed by atoms with Crippen LogP contribution >= 0.6 is 15.9 Å². The summed E-state index contributed by atoms with van der Waals surface area (Å²) in [6, 6.07) is 22.9. The molecule has 1 aliphatic heterocycles. The standard InChI is InChI=1S/C29H34BrN5O3/c1-38-19-5-14-31-28(36)26-20-25(33-29(37)32-24-10-8-23(30)9-11-24)12-13-27(26)35-17-15-34(16-18-35)21-22-6-3-2-4-7-22/h2-4,6-13,20H,5,14-19,21H2,1H3,(H,31,36)(H2,32,33,37). The topological polar surface area (TPSA) is 85.9 Å². The van der Waals surface area contributed by atoms with Crippen molar-refractivity contribution in [3.8, 4) is 0 Å². The van der Waals surface area contributed by atoms with E-state index in [2.05, 4.69) is 65.9 Å². The first-order valence-electron chi connectivity index (χ1n) is 12.8. The van der Waals surface area contributed by atoms with Crippen molar-refractivity contribution in [3.05, 3.63) is 88.4 Å². The Kier molecular flexibility index (Phi) is 10.1. The number of anilines is 3. The van der Waals surface area contributed by atoms with Crippen LogP contribution in [0.25, 0.3) is 0 Å². The molecule has 0 spiro atoms. The Hall–Kier alpha value is -3.40. The van der Waals surface area contributed by atoms with E-state index >= 15 is 0 Å². The van der Waals surface area contributed by atoms with Gasteiger partial charge in [0.25, 0.3) is 5.91 Å². The van der Waals surface area contributed by atoms with E-state index < -0.39 is 0 Å². The lowest BCUT2D eigenvalue weighted by molar-refractivity contribution is 0.0949. The molecule has 3 amide bonds. The Labute approximate surface area is 232 Å². The third-order valence-corrected chi connectivity index (χ3v) is 6.90. The molecular formula is C29H34BrN5O3. The van der Waals surface area contributed by atoms with Crippen LogP contribution < -0.4 is 20.9 Å². The molecule has 0 bridgehead atoms. The van der Waals surface area contributed by atoms with E-state index in [1.165, 1.54) is 5.56 Å². The van der Waals surface area contributed by atoms with Crippen molar-refractivity contribution in [1.29, 1.82) is 0 Å². The fourth-order valence-electron chi connectivity index (χ4n) is 4.40. The number of urea groups is 1. The third-order valence-electron chi connectivity index (χ3n) is 6.37. The van der Waals surface area contributed by atoms with Crippen LogP contribution in [0.15, 0.2) is 77.3 Å². The van der Waals surface area contributed by atoms with Gasteiger partial charge in [0.2, 0.25) is 0 Å². The number of halogens is 1. The molecule has 3 N–H and O–H groups in total. The fraction of sp³-hybridized carbons (Fsp3) is 0.310. The highest BCUT2D eigenvalue weighted by Gasteiger charge is 2.22. The number of methoxy groups -OCH3 is 1. The minimum atomic E-state index is -0.374. The van der Waals surface area contributed by atoms with Crippen molar-refractivity contribution in [3.63, 3.8) is 0 Å². The number of hydrogen-bond donors (Lipinski definition) is 3. The summed E-state index contributed by atoms with van der Waals surface area (Å²) in [6.07, 6.45) is 0.725. The molecule has 3 aromatic rings. The lowest BCUT2D eigenvalue weighted by atomic mass is 10.1. The van der Waals surface area contributed by atoms with Gasteiger partial charge in [-0.05, 0) is 54.4 Å². The molecule has 4 rings (SSSR count). The Morgan fingerprint density at radius 2 is 1.58 bits per heavy atom. The molecular weight excluding hydrogens is 546 g/mol. The maximum absolute atomic E-state index is 13.2.